The second-order valence-electron chi connectivity index (χ2n) is 6.34. The van der Waals surface area contributed by atoms with Crippen molar-refractivity contribution in [3.63, 3.8) is 0 Å². The summed E-state index contributed by atoms with van der Waals surface area (Å²) >= 11 is 1.65. The number of nitrogens with one attached hydrogen (secondary N) is 1. The molecule has 1 aliphatic rings. The Morgan fingerprint density at radius 3 is 2.81 bits per heavy atom. The van der Waals surface area contributed by atoms with Gasteiger partial charge in [-0.3, -0.25) is 9.69 Å². The molecule has 1 N–H and O–H groups in total. The Morgan fingerprint density at radius 1 is 1.26 bits per heavy atom. The molecule has 0 saturated heterocycles. The minimum atomic E-state index is -0.104. The van der Waals surface area contributed by atoms with E-state index in [2.05, 4.69) is 11.9 Å². The number of fused-ring (bicyclic) bond motifs is 1. The molecule has 142 valence electrons. The monoisotopic (exact) mass is 384 g/mol. The van der Waals surface area contributed by atoms with Gasteiger partial charge in [0, 0.05) is 17.2 Å². The maximum Gasteiger partial charge on any atom is 0.238 e. The Balaban J connectivity index is 1.51. The lowest BCUT2D eigenvalue weighted by molar-refractivity contribution is -0.117. The molecule has 1 aliphatic heterocycles. The Labute approximate surface area is 164 Å². The van der Waals surface area contributed by atoms with Crippen LogP contribution in [0.25, 0.3) is 0 Å². The summed E-state index contributed by atoms with van der Waals surface area (Å²) in [5, 5.41) is 3.00. The summed E-state index contributed by atoms with van der Waals surface area (Å²) < 4.78 is 11.7. The van der Waals surface area contributed by atoms with Crippen molar-refractivity contribution in [2.75, 3.05) is 37.8 Å². The number of nitrogens with zero attached hydrogens (tertiary/aromatic N) is 1. The van der Waals surface area contributed by atoms with Gasteiger partial charge in [0.1, 0.15) is 12.7 Å². The Hall–Kier alpha value is -2.44. The highest BCUT2D eigenvalue weighted by Gasteiger charge is 2.22. The Morgan fingerprint density at radius 2 is 2.00 bits per heavy atom. The van der Waals surface area contributed by atoms with E-state index in [0.29, 0.717) is 13.2 Å². The number of hydrogen-bond donors (Lipinski definition) is 1. The summed E-state index contributed by atoms with van der Waals surface area (Å²) in [5.74, 6) is 2.26. The van der Waals surface area contributed by atoms with Gasteiger partial charge in [0.05, 0.1) is 12.2 Å². The SMILES string of the molecule is C=CCSc1ccccc1NC(=O)CN(C)CC1COc2ccccc2O1. The first-order chi connectivity index (χ1) is 13.2. The lowest BCUT2D eigenvalue weighted by Crippen LogP contribution is -2.42. The topological polar surface area (TPSA) is 50.8 Å². The zero-order valence-corrected chi connectivity index (χ0v) is 16.2. The van der Waals surface area contributed by atoms with Gasteiger partial charge >= 0.3 is 0 Å². The number of amides is 1. The van der Waals surface area contributed by atoms with E-state index < -0.39 is 0 Å². The highest BCUT2D eigenvalue weighted by Crippen LogP contribution is 2.31. The third-order valence-electron chi connectivity index (χ3n) is 4.01. The zero-order chi connectivity index (χ0) is 19.1. The molecule has 3 rings (SSSR count). The molecule has 1 amide bonds. The highest BCUT2D eigenvalue weighted by atomic mass is 32.2. The number of anilines is 1. The van der Waals surface area contributed by atoms with Gasteiger partial charge in [0.25, 0.3) is 0 Å². The minimum absolute atomic E-state index is 0.0544. The van der Waals surface area contributed by atoms with Crippen molar-refractivity contribution >= 4 is 23.4 Å². The summed E-state index contributed by atoms with van der Waals surface area (Å²) in [6.45, 7) is 5.10. The smallest absolute Gasteiger partial charge is 0.238 e. The number of carbonyl (C=O) groups excluding carboxylic acids is 1. The fourth-order valence-corrected chi connectivity index (χ4v) is 3.59. The average molecular weight is 385 g/mol. The van der Waals surface area contributed by atoms with E-state index in [-0.39, 0.29) is 18.6 Å². The van der Waals surface area contributed by atoms with Gasteiger partial charge in [0.2, 0.25) is 5.91 Å². The molecule has 1 unspecified atom stereocenters. The molecule has 0 radical (unpaired) electrons. The van der Waals surface area contributed by atoms with Crippen LogP contribution in [-0.2, 0) is 4.79 Å². The van der Waals surface area contributed by atoms with Gasteiger partial charge in [-0.2, -0.15) is 0 Å². The van der Waals surface area contributed by atoms with E-state index in [9.17, 15) is 4.79 Å². The van der Waals surface area contributed by atoms with Crippen molar-refractivity contribution in [2.24, 2.45) is 0 Å². The lowest BCUT2D eigenvalue weighted by Gasteiger charge is -2.29. The van der Waals surface area contributed by atoms with Gasteiger partial charge in [-0.25, -0.2) is 0 Å². The van der Waals surface area contributed by atoms with Crippen LogP contribution in [0.5, 0.6) is 11.5 Å². The van der Waals surface area contributed by atoms with Crippen LogP contribution in [0.1, 0.15) is 0 Å². The summed E-state index contributed by atoms with van der Waals surface area (Å²) in [6.07, 6.45) is 1.75. The summed E-state index contributed by atoms with van der Waals surface area (Å²) in [4.78, 5) is 15.4. The van der Waals surface area contributed by atoms with Crippen molar-refractivity contribution in [3.8, 4) is 11.5 Å². The lowest BCUT2D eigenvalue weighted by atomic mass is 10.2. The van der Waals surface area contributed by atoms with Crippen molar-refractivity contribution in [2.45, 2.75) is 11.0 Å². The summed E-state index contributed by atoms with van der Waals surface area (Å²) in [5.41, 5.74) is 0.828. The first-order valence-corrected chi connectivity index (χ1v) is 9.84. The van der Waals surface area contributed by atoms with Crippen LogP contribution in [0.4, 0.5) is 5.69 Å². The molecule has 5 nitrogen and oxygen atoms in total. The predicted octanol–water partition coefficient (Wildman–Crippen LogP) is 3.68. The molecule has 6 heteroatoms. The van der Waals surface area contributed by atoms with Crippen molar-refractivity contribution in [1.82, 2.24) is 4.90 Å². The van der Waals surface area contributed by atoms with Crippen molar-refractivity contribution in [3.05, 3.63) is 61.2 Å². The Kier molecular flexibility index (Phi) is 6.79. The number of para-hydroxylation sites is 3. The Bertz CT molecular complexity index is 797. The fraction of sp³-hybridized carbons (Fsp3) is 0.286. The van der Waals surface area contributed by atoms with Crippen molar-refractivity contribution < 1.29 is 14.3 Å². The van der Waals surface area contributed by atoms with E-state index in [1.807, 2.05) is 66.6 Å². The third kappa shape index (κ3) is 5.52. The van der Waals surface area contributed by atoms with E-state index in [1.165, 1.54) is 0 Å². The van der Waals surface area contributed by atoms with Crippen LogP contribution in [0.15, 0.2) is 66.1 Å². The number of carbonyl (C=O) groups is 1. The molecule has 0 fully saturated rings. The molecule has 0 aliphatic carbocycles. The number of ether oxygens (including phenoxy) is 2. The molecular weight excluding hydrogens is 360 g/mol. The molecular formula is C21H24N2O3S. The van der Waals surface area contributed by atoms with Gasteiger partial charge < -0.3 is 14.8 Å². The highest BCUT2D eigenvalue weighted by molar-refractivity contribution is 7.99. The standard InChI is InChI=1S/C21H24N2O3S/c1-3-12-27-20-11-7-4-8-17(20)22-21(24)14-23(2)13-16-15-25-18-9-5-6-10-19(18)26-16/h3-11,16H,1,12-15H2,2H3,(H,22,24). The van der Waals surface area contributed by atoms with E-state index in [0.717, 1.165) is 27.8 Å². The van der Waals surface area contributed by atoms with Crippen molar-refractivity contribution in [1.29, 1.82) is 0 Å². The molecule has 2 aromatic rings. The fourth-order valence-electron chi connectivity index (χ4n) is 2.84. The molecule has 2 aromatic carbocycles. The molecule has 0 spiro atoms. The first kappa shape index (κ1) is 19.3. The third-order valence-corrected chi connectivity index (χ3v) is 5.08. The van der Waals surface area contributed by atoms with Gasteiger partial charge in [-0.1, -0.05) is 30.3 Å². The number of hydrogen-bond acceptors (Lipinski definition) is 5. The van der Waals surface area contributed by atoms with E-state index in [4.69, 9.17) is 9.47 Å². The van der Waals surface area contributed by atoms with E-state index in [1.54, 1.807) is 11.8 Å². The van der Waals surface area contributed by atoms with Crippen LogP contribution in [-0.4, -0.2) is 49.4 Å². The van der Waals surface area contributed by atoms with E-state index >= 15 is 0 Å². The average Bonchev–Trinajstić information content (AvgIpc) is 2.67. The maximum absolute atomic E-state index is 12.4. The zero-order valence-electron chi connectivity index (χ0n) is 15.4. The number of benzene rings is 2. The second-order valence-corrected chi connectivity index (χ2v) is 7.40. The van der Waals surface area contributed by atoms with Crippen LogP contribution in [0, 0.1) is 0 Å². The molecule has 0 saturated carbocycles. The molecule has 0 bridgehead atoms. The molecule has 1 atom stereocenters. The number of thioether (sulfide) groups is 1. The van der Waals surface area contributed by atoms with Gasteiger partial charge in [-0.15, -0.1) is 18.3 Å². The normalized spacial score (nSPS) is 15.4. The van der Waals surface area contributed by atoms with Gasteiger partial charge in [0.15, 0.2) is 11.5 Å². The molecule has 1 heterocycles. The first-order valence-electron chi connectivity index (χ1n) is 8.85. The summed E-state index contributed by atoms with van der Waals surface area (Å²) in [7, 11) is 1.90. The quantitative estimate of drug-likeness (QED) is 0.556. The maximum atomic E-state index is 12.4. The molecule has 0 aromatic heterocycles. The van der Waals surface area contributed by atoms with Gasteiger partial charge in [-0.05, 0) is 31.3 Å². The number of rotatable bonds is 8. The van der Waals surface area contributed by atoms with Crippen LogP contribution in [0.3, 0.4) is 0 Å². The summed E-state index contributed by atoms with van der Waals surface area (Å²) in [6, 6.07) is 15.4. The molecule has 27 heavy (non-hydrogen) atoms. The predicted molar refractivity (Wildman–Crippen MR) is 110 cm³/mol. The number of likely N-dealkylation sites (N-methyl/N-ethyl adjacent to an activating group) is 1. The van der Waals surface area contributed by atoms with Crippen LogP contribution < -0.4 is 14.8 Å². The van der Waals surface area contributed by atoms with Crippen LogP contribution in [0.2, 0.25) is 0 Å². The second kappa shape index (κ2) is 9.48. The minimum Gasteiger partial charge on any atom is -0.486 e. The largest absolute Gasteiger partial charge is 0.486 e. The van der Waals surface area contributed by atoms with Crippen LogP contribution >= 0.6 is 11.8 Å².